The smallest absolute Gasteiger partial charge is 0.264 e. The third-order valence-electron chi connectivity index (χ3n) is 5.60. The van der Waals surface area contributed by atoms with Crippen LogP contribution in [0.3, 0.4) is 0 Å². The molecule has 2 N–H and O–H groups in total. The van der Waals surface area contributed by atoms with E-state index in [-0.39, 0.29) is 33.5 Å². The van der Waals surface area contributed by atoms with E-state index in [9.17, 15) is 18.0 Å². The maximum absolute atomic E-state index is 13.9. The Labute approximate surface area is 235 Å². The van der Waals surface area contributed by atoms with Crippen molar-refractivity contribution in [1.82, 2.24) is 5.32 Å². The molecule has 0 saturated heterocycles. The molecule has 3 aromatic carbocycles. The van der Waals surface area contributed by atoms with E-state index in [0.717, 1.165) is 4.31 Å². The molecular formula is C29H35N3O7S. The van der Waals surface area contributed by atoms with Crippen molar-refractivity contribution in [1.29, 1.82) is 0 Å². The second-order valence-corrected chi connectivity index (χ2v) is 11.6. The molecule has 0 unspecified atom stereocenters. The largest absolute Gasteiger partial charge is 0.494 e. The third-order valence-corrected chi connectivity index (χ3v) is 7.37. The maximum Gasteiger partial charge on any atom is 0.264 e. The van der Waals surface area contributed by atoms with Crippen LogP contribution in [0.1, 0.15) is 38.1 Å². The van der Waals surface area contributed by atoms with Crippen molar-refractivity contribution in [3.05, 3.63) is 72.3 Å². The number of hydrogen-bond donors (Lipinski definition) is 2. The summed E-state index contributed by atoms with van der Waals surface area (Å²) in [6, 6.07) is 17.1. The number of rotatable bonds is 11. The van der Waals surface area contributed by atoms with Gasteiger partial charge in [-0.1, -0.05) is 12.1 Å². The number of para-hydroxylation sites is 1. The number of nitrogens with zero attached hydrogens (tertiary/aromatic N) is 1. The van der Waals surface area contributed by atoms with Crippen molar-refractivity contribution >= 4 is 33.2 Å². The summed E-state index contributed by atoms with van der Waals surface area (Å²) < 4.78 is 44.8. The van der Waals surface area contributed by atoms with Crippen molar-refractivity contribution in [2.45, 2.75) is 38.1 Å². The monoisotopic (exact) mass is 569 g/mol. The molecule has 0 aliphatic heterocycles. The van der Waals surface area contributed by atoms with E-state index >= 15 is 0 Å². The summed E-state index contributed by atoms with van der Waals surface area (Å²) in [4.78, 5) is 26.1. The van der Waals surface area contributed by atoms with Gasteiger partial charge in [-0.2, -0.15) is 0 Å². The summed E-state index contributed by atoms with van der Waals surface area (Å²) in [6.07, 6.45) is 0. The molecule has 3 aromatic rings. The highest BCUT2D eigenvalue weighted by molar-refractivity contribution is 7.92. The Balaban J connectivity index is 1.98. The van der Waals surface area contributed by atoms with Gasteiger partial charge in [-0.3, -0.25) is 13.9 Å². The van der Waals surface area contributed by atoms with Gasteiger partial charge in [0.15, 0.2) is 11.5 Å². The number of anilines is 2. The molecule has 2 amide bonds. The fourth-order valence-corrected chi connectivity index (χ4v) is 5.25. The molecule has 0 heterocycles. The molecule has 11 heteroatoms. The number of nitrogens with one attached hydrogen (secondary N) is 2. The van der Waals surface area contributed by atoms with E-state index in [2.05, 4.69) is 10.6 Å². The average molecular weight is 570 g/mol. The fraction of sp³-hybridized carbons (Fsp3) is 0.310. The summed E-state index contributed by atoms with van der Waals surface area (Å²) in [7, 11) is -1.41. The van der Waals surface area contributed by atoms with Crippen LogP contribution in [0.5, 0.6) is 17.2 Å². The molecule has 0 radical (unpaired) electrons. The van der Waals surface area contributed by atoms with Gasteiger partial charge in [0.25, 0.3) is 15.9 Å². The number of hydrogen-bond acceptors (Lipinski definition) is 7. The topological polar surface area (TPSA) is 123 Å². The van der Waals surface area contributed by atoms with Crippen molar-refractivity contribution in [3.63, 3.8) is 0 Å². The lowest BCUT2D eigenvalue weighted by molar-refractivity contribution is -0.114. The Morgan fingerprint density at radius 1 is 0.900 bits per heavy atom. The van der Waals surface area contributed by atoms with Crippen LogP contribution in [0.25, 0.3) is 0 Å². The predicted molar refractivity (Wildman–Crippen MR) is 154 cm³/mol. The average Bonchev–Trinajstić information content (AvgIpc) is 2.91. The van der Waals surface area contributed by atoms with Crippen molar-refractivity contribution < 1.29 is 32.2 Å². The van der Waals surface area contributed by atoms with E-state index in [1.54, 1.807) is 48.5 Å². The lowest BCUT2D eigenvalue weighted by Gasteiger charge is -2.25. The number of amides is 2. The zero-order valence-corrected chi connectivity index (χ0v) is 24.3. The Hall–Kier alpha value is -4.25. The van der Waals surface area contributed by atoms with E-state index in [0.29, 0.717) is 18.1 Å². The first kappa shape index (κ1) is 30.3. The zero-order chi connectivity index (χ0) is 29.5. The van der Waals surface area contributed by atoms with Crippen LogP contribution in [0.4, 0.5) is 11.4 Å². The number of carbonyl (C=O) groups is 2. The van der Waals surface area contributed by atoms with Gasteiger partial charge in [-0.25, -0.2) is 8.42 Å². The van der Waals surface area contributed by atoms with Gasteiger partial charge in [0.1, 0.15) is 12.3 Å². The predicted octanol–water partition coefficient (Wildman–Crippen LogP) is 4.46. The van der Waals surface area contributed by atoms with Gasteiger partial charge in [0.05, 0.1) is 42.7 Å². The van der Waals surface area contributed by atoms with E-state index in [4.69, 9.17) is 14.2 Å². The van der Waals surface area contributed by atoms with Crippen LogP contribution in [-0.4, -0.2) is 53.1 Å². The summed E-state index contributed by atoms with van der Waals surface area (Å²) in [6.45, 7) is 7.25. The van der Waals surface area contributed by atoms with Gasteiger partial charge in [0.2, 0.25) is 5.91 Å². The molecule has 0 atom stereocenters. The van der Waals surface area contributed by atoms with Crippen LogP contribution < -0.4 is 29.1 Å². The Kier molecular flexibility index (Phi) is 9.65. The first-order chi connectivity index (χ1) is 18.9. The van der Waals surface area contributed by atoms with Gasteiger partial charge in [-0.15, -0.1) is 0 Å². The molecule has 0 saturated carbocycles. The van der Waals surface area contributed by atoms with Crippen molar-refractivity contribution in [2.75, 3.05) is 37.0 Å². The number of ether oxygens (including phenoxy) is 3. The summed E-state index contributed by atoms with van der Waals surface area (Å²) in [5, 5.41) is 5.56. The summed E-state index contributed by atoms with van der Waals surface area (Å²) >= 11 is 0. The lowest BCUT2D eigenvalue weighted by atomic mass is 10.1. The summed E-state index contributed by atoms with van der Waals surface area (Å²) in [5.74, 6) is 0.118. The fourth-order valence-electron chi connectivity index (χ4n) is 3.81. The second-order valence-electron chi connectivity index (χ2n) is 9.75. The standard InChI is InChI=1S/C29H35N3O7S/c1-7-39-21-14-12-20(13-15-21)32(40(35,36)22-16-17-25(37-5)26(18-22)38-6)19-27(33)30-24-11-9-8-10-23(24)28(34)31-29(2,3)4/h8-18H,7,19H2,1-6H3,(H,30,33)(H,31,34). The lowest BCUT2D eigenvalue weighted by Crippen LogP contribution is -2.41. The maximum atomic E-state index is 13.9. The normalized spacial score (nSPS) is 11.3. The van der Waals surface area contributed by atoms with Crippen molar-refractivity contribution in [3.8, 4) is 17.2 Å². The molecule has 0 aliphatic rings. The molecule has 0 aliphatic carbocycles. The van der Waals surface area contributed by atoms with Gasteiger partial charge in [-0.05, 0) is 76.2 Å². The van der Waals surface area contributed by atoms with Gasteiger partial charge in [0, 0.05) is 11.6 Å². The SMILES string of the molecule is CCOc1ccc(N(CC(=O)Nc2ccccc2C(=O)NC(C)(C)C)S(=O)(=O)c2ccc(OC)c(OC)c2)cc1. The number of benzene rings is 3. The number of methoxy groups -OCH3 is 2. The molecule has 0 spiro atoms. The molecular weight excluding hydrogens is 534 g/mol. The van der Waals surface area contributed by atoms with Crippen LogP contribution in [-0.2, 0) is 14.8 Å². The van der Waals surface area contributed by atoms with Gasteiger partial charge >= 0.3 is 0 Å². The molecule has 0 aromatic heterocycles. The number of carbonyl (C=O) groups excluding carboxylic acids is 2. The highest BCUT2D eigenvalue weighted by Gasteiger charge is 2.29. The molecule has 0 bridgehead atoms. The minimum Gasteiger partial charge on any atom is -0.494 e. The third kappa shape index (κ3) is 7.44. The first-order valence-corrected chi connectivity index (χ1v) is 14.0. The van der Waals surface area contributed by atoms with E-state index in [1.165, 1.54) is 32.4 Å². The van der Waals surface area contributed by atoms with Crippen LogP contribution in [0.2, 0.25) is 0 Å². The molecule has 40 heavy (non-hydrogen) atoms. The summed E-state index contributed by atoms with van der Waals surface area (Å²) in [5.41, 5.74) is 0.254. The first-order valence-electron chi connectivity index (χ1n) is 12.6. The minimum absolute atomic E-state index is 0.100. The molecule has 3 rings (SSSR count). The van der Waals surface area contributed by atoms with Crippen LogP contribution in [0.15, 0.2) is 71.6 Å². The van der Waals surface area contributed by atoms with E-state index in [1.807, 2.05) is 27.7 Å². The number of sulfonamides is 1. The van der Waals surface area contributed by atoms with Gasteiger partial charge < -0.3 is 24.8 Å². The Morgan fingerprint density at radius 2 is 1.55 bits per heavy atom. The minimum atomic E-state index is -4.26. The highest BCUT2D eigenvalue weighted by Crippen LogP contribution is 2.32. The van der Waals surface area contributed by atoms with Crippen molar-refractivity contribution in [2.24, 2.45) is 0 Å². The van der Waals surface area contributed by atoms with Crippen LogP contribution >= 0.6 is 0 Å². The van der Waals surface area contributed by atoms with Crippen LogP contribution in [0, 0.1) is 0 Å². The molecule has 10 nitrogen and oxygen atoms in total. The Bertz CT molecular complexity index is 1450. The molecule has 214 valence electrons. The Morgan fingerprint density at radius 3 is 2.15 bits per heavy atom. The second kappa shape index (κ2) is 12.7. The highest BCUT2D eigenvalue weighted by atomic mass is 32.2. The zero-order valence-electron chi connectivity index (χ0n) is 23.5. The van der Waals surface area contributed by atoms with E-state index < -0.39 is 28.0 Å². The molecule has 0 fully saturated rings. The quantitative estimate of drug-likeness (QED) is 0.349.